The molecule has 0 atom stereocenters. The van der Waals surface area contributed by atoms with Crippen LogP contribution in [0.3, 0.4) is 0 Å². The van der Waals surface area contributed by atoms with Crippen LogP contribution in [0, 0.1) is 5.82 Å². The quantitative estimate of drug-likeness (QED) is 0.741. The van der Waals surface area contributed by atoms with Crippen LogP contribution < -0.4 is 0 Å². The minimum absolute atomic E-state index is 0.280. The van der Waals surface area contributed by atoms with Crippen molar-refractivity contribution in [3.05, 3.63) is 47.0 Å². The molecule has 0 bridgehead atoms. The Hall–Kier alpha value is -1.06. The molecule has 1 heterocycles. The fourth-order valence-corrected chi connectivity index (χ4v) is 1.66. The number of hydrogen-bond donors (Lipinski definition) is 0. The molecular weight excluding hydrogens is 238 g/mol. The standard InChI is InChI=1S/C10H7Cl2FN2/c11-6-8-3-4-14-15(8)10-2-1-7(12)5-9(10)13/h1-5H,6H2. The van der Waals surface area contributed by atoms with E-state index in [0.29, 0.717) is 10.7 Å². The van der Waals surface area contributed by atoms with E-state index in [0.717, 1.165) is 5.69 Å². The zero-order valence-corrected chi connectivity index (χ0v) is 9.13. The molecule has 15 heavy (non-hydrogen) atoms. The van der Waals surface area contributed by atoms with E-state index < -0.39 is 5.82 Å². The van der Waals surface area contributed by atoms with Crippen molar-refractivity contribution < 1.29 is 4.39 Å². The van der Waals surface area contributed by atoms with Gasteiger partial charge in [-0.2, -0.15) is 5.10 Å². The van der Waals surface area contributed by atoms with Gasteiger partial charge in [0.05, 0.1) is 11.6 Å². The summed E-state index contributed by atoms with van der Waals surface area (Å²) in [5, 5.41) is 4.35. The van der Waals surface area contributed by atoms with Gasteiger partial charge < -0.3 is 0 Å². The highest BCUT2D eigenvalue weighted by Gasteiger charge is 2.09. The molecule has 0 aliphatic carbocycles. The van der Waals surface area contributed by atoms with Crippen LogP contribution in [0.25, 0.3) is 5.69 Å². The Labute approximate surface area is 96.2 Å². The fraction of sp³-hybridized carbons (Fsp3) is 0.100. The summed E-state index contributed by atoms with van der Waals surface area (Å²) in [6, 6.07) is 6.16. The van der Waals surface area contributed by atoms with E-state index in [2.05, 4.69) is 5.10 Å². The van der Waals surface area contributed by atoms with Crippen molar-refractivity contribution in [2.75, 3.05) is 0 Å². The fourth-order valence-electron chi connectivity index (χ4n) is 1.30. The Morgan fingerprint density at radius 3 is 2.80 bits per heavy atom. The molecule has 0 aliphatic heterocycles. The maximum absolute atomic E-state index is 13.5. The Kier molecular flexibility index (Phi) is 2.93. The lowest BCUT2D eigenvalue weighted by Gasteiger charge is -2.06. The van der Waals surface area contributed by atoms with E-state index in [1.54, 1.807) is 24.4 Å². The molecule has 1 aromatic carbocycles. The van der Waals surface area contributed by atoms with Crippen molar-refractivity contribution in [1.29, 1.82) is 0 Å². The van der Waals surface area contributed by atoms with Crippen molar-refractivity contribution in [2.45, 2.75) is 5.88 Å². The van der Waals surface area contributed by atoms with Crippen molar-refractivity contribution in [1.82, 2.24) is 9.78 Å². The molecule has 2 nitrogen and oxygen atoms in total. The molecule has 1 aromatic heterocycles. The van der Waals surface area contributed by atoms with Gasteiger partial charge in [0.1, 0.15) is 11.5 Å². The first-order valence-corrected chi connectivity index (χ1v) is 5.18. The third kappa shape index (κ3) is 1.98. The minimum Gasteiger partial charge on any atom is -0.234 e. The highest BCUT2D eigenvalue weighted by Crippen LogP contribution is 2.19. The van der Waals surface area contributed by atoms with Gasteiger partial charge in [0.15, 0.2) is 0 Å². The number of hydrogen-bond acceptors (Lipinski definition) is 1. The number of aromatic nitrogens is 2. The van der Waals surface area contributed by atoms with Crippen LogP contribution in [0.4, 0.5) is 4.39 Å². The summed E-state index contributed by atoms with van der Waals surface area (Å²) in [4.78, 5) is 0. The predicted octanol–water partition coefficient (Wildman–Crippen LogP) is 3.40. The second kappa shape index (κ2) is 4.21. The zero-order chi connectivity index (χ0) is 10.8. The van der Waals surface area contributed by atoms with Gasteiger partial charge in [-0.1, -0.05) is 11.6 Å². The SMILES string of the molecule is Fc1cc(Cl)ccc1-n1nccc1CCl. The molecule has 5 heteroatoms. The van der Waals surface area contributed by atoms with Crippen molar-refractivity contribution in [3.63, 3.8) is 0 Å². The molecule has 2 aromatic rings. The number of halogens is 3. The van der Waals surface area contributed by atoms with E-state index in [9.17, 15) is 4.39 Å². The molecule has 0 N–H and O–H groups in total. The lowest BCUT2D eigenvalue weighted by Crippen LogP contribution is -2.02. The van der Waals surface area contributed by atoms with Crippen molar-refractivity contribution >= 4 is 23.2 Å². The van der Waals surface area contributed by atoms with Gasteiger partial charge in [-0.05, 0) is 24.3 Å². The van der Waals surface area contributed by atoms with Gasteiger partial charge in [0.2, 0.25) is 0 Å². The molecule has 0 radical (unpaired) electrons. The third-order valence-electron chi connectivity index (χ3n) is 2.00. The second-order valence-corrected chi connectivity index (χ2v) is 3.67. The van der Waals surface area contributed by atoms with E-state index >= 15 is 0 Å². The first-order chi connectivity index (χ1) is 7.22. The summed E-state index contributed by atoms with van der Waals surface area (Å²) in [5.74, 6) is -0.139. The summed E-state index contributed by atoms with van der Waals surface area (Å²) < 4.78 is 15.0. The Morgan fingerprint density at radius 1 is 1.33 bits per heavy atom. The molecule has 0 spiro atoms. The molecular formula is C10H7Cl2FN2. The molecule has 78 valence electrons. The third-order valence-corrected chi connectivity index (χ3v) is 2.50. The molecule has 0 aliphatic rings. The van der Waals surface area contributed by atoms with Gasteiger partial charge in [-0.15, -0.1) is 11.6 Å². The lowest BCUT2D eigenvalue weighted by molar-refractivity contribution is 0.608. The topological polar surface area (TPSA) is 17.8 Å². The number of alkyl halides is 1. The molecule has 2 rings (SSSR count). The van der Waals surface area contributed by atoms with Crippen LogP contribution in [0.15, 0.2) is 30.5 Å². The summed E-state index contributed by atoms with van der Waals surface area (Å²) in [6.45, 7) is 0. The van der Waals surface area contributed by atoms with Gasteiger partial charge in [-0.25, -0.2) is 9.07 Å². The van der Waals surface area contributed by atoms with Crippen molar-refractivity contribution in [3.8, 4) is 5.69 Å². The first-order valence-electron chi connectivity index (χ1n) is 4.26. The normalized spacial score (nSPS) is 10.6. The highest BCUT2D eigenvalue weighted by molar-refractivity contribution is 6.30. The lowest BCUT2D eigenvalue weighted by atomic mass is 10.3. The number of rotatable bonds is 2. The molecule has 0 amide bonds. The van der Waals surface area contributed by atoms with Crippen LogP contribution in [0.2, 0.25) is 5.02 Å². The van der Waals surface area contributed by atoms with Gasteiger partial charge in [0, 0.05) is 11.2 Å². The number of benzene rings is 1. The molecule has 0 fully saturated rings. The van der Waals surface area contributed by atoms with E-state index in [1.807, 2.05) is 0 Å². The summed E-state index contributed by atoms with van der Waals surface area (Å²) in [7, 11) is 0. The zero-order valence-electron chi connectivity index (χ0n) is 7.62. The van der Waals surface area contributed by atoms with E-state index in [-0.39, 0.29) is 5.88 Å². The Bertz CT molecular complexity index is 482. The molecule has 0 saturated carbocycles. The van der Waals surface area contributed by atoms with Crippen LogP contribution in [0.5, 0.6) is 0 Å². The monoisotopic (exact) mass is 244 g/mol. The number of nitrogens with zero attached hydrogens (tertiary/aromatic N) is 2. The first kappa shape index (κ1) is 10.5. The van der Waals surface area contributed by atoms with Crippen LogP contribution in [0.1, 0.15) is 5.69 Å². The molecule has 0 unspecified atom stereocenters. The average molecular weight is 245 g/mol. The maximum atomic E-state index is 13.5. The van der Waals surface area contributed by atoms with Crippen LogP contribution in [-0.2, 0) is 5.88 Å². The Morgan fingerprint density at radius 2 is 2.13 bits per heavy atom. The van der Waals surface area contributed by atoms with Crippen LogP contribution >= 0.6 is 23.2 Å². The molecule has 0 saturated heterocycles. The van der Waals surface area contributed by atoms with Gasteiger partial charge in [-0.3, -0.25) is 0 Å². The average Bonchev–Trinajstić information content (AvgIpc) is 2.65. The maximum Gasteiger partial charge on any atom is 0.150 e. The minimum atomic E-state index is -0.419. The highest BCUT2D eigenvalue weighted by atomic mass is 35.5. The van der Waals surface area contributed by atoms with E-state index in [4.69, 9.17) is 23.2 Å². The van der Waals surface area contributed by atoms with Crippen molar-refractivity contribution in [2.24, 2.45) is 0 Å². The largest absolute Gasteiger partial charge is 0.234 e. The second-order valence-electron chi connectivity index (χ2n) is 2.96. The summed E-state index contributed by atoms with van der Waals surface area (Å²) in [5.41, 5.74) is 1.08. The van der Waals surface area contributed by atoms with Gasteiger partial charge in [0.25, 0.3) is 0 Å². The van der Waals surface area contributed by atoms with Gasteiger partial charge >= 0.3 is 0 Å². The summed E-state index contributed by atoms with van der Waals surface area (Å²) in [6.07, 6.45) is 1.58. The summed E-state index contributed by atoms with van der Waals surface area (Å²) >= 11 is 11.4. The Balaban J connectivity index is 2.54. The predicted molar refractivity (Wildman–Crippen MR) is 58.1 cm³/mol. The van der Waals surface area contributed by atoms with Crippen LogP contribution in [-0.4, -0.2) is 9.78 Å². The smallest absolute Gasteiger partial charge is 0.150 e. The van der Waals surface area contributed by atoms with E-state index in [1.165, 1.54) is 10.7 Å².